The van der Waals surface area contributed by atoms with Crippen molar-refractivity contribution in [2.24, 2.45) is 17.8 Å². The lowest BCUT2D eigenvalue weighted by atomic mass is 9.80. The van der Waals surface area contributed by atoms with Crippen LogP contribution in [0.1, 0.15) is 50.5 Å². The molecule has 1 aliphatic carbocycles. The number of hydrogen-bond acceptors (Lipinski definition) is 3. The van der Waals surface area contributed by atoms with E-state index in [9.17, 15) is 24.6 Å². The largest absolute Gasteiger partial charge is 0.481 e. The van der Waals surface area contributed by atoms with Crippen molar-refractivity contribution >= 4 is 17.8 Å². The van der Waals surface area contributed by atoms with Gasteiger partial charge in [0.05, 0.1) is 11.8 Å². The zero-order valence-electron chi connectivity index (χ0n) is 16.1. The summed E-state index contributed by atoms with van der Waals surface area (Å²) in [6, 6.07) is 9.75. The second-order valence-electron chi connectivity index (χ2n) is 8.10. The van der Waals surface area contributed by atoms with Crippen molar-refractivity contribution in [3.05, 3.63) is 35.9 Å². The molecular weight excluding hydrogens is 358 g/mol. The summed E-state index contributed by atoms with van der Waals surface area (Å²) >= 11 is 0. The molecule has 1 saturated heterocycles. The number of hydrogen-bond donors (Lipinski definition) is 2. The highest BCUT2D eigenvalue weighted by molar-refractivity contribution is 5.80. The van der Waals surface area contributed by atoms with Gasteiger partial charge in [-0.2, -0.15) is 0 Å². The molecule has 0 bridgehead atoms. The van der Waals surface area contributed by atoms with Crippen LogP contribution in [0, 0.1) is 17.8 Å². The molecule has 1 amide bonds. The van der Waals surface area contributed by atoms with Crippen molar-refractivity contribution in [2.45, 2.75) is 57.4 Å². The maximum atomic E-state index is 12.8. The lowest BCUT2D eigenvalue weighted by molar-refractivity contribution is -0.143. The third-order valence-electron chi connectivity index (χ3n) is 6.41. The number of carboxylic acid groups (broad SMARTS) is 2. The molecule has 2 aliphatic rings. The van der Waals surface area contributed by atoms with Gasteiger partial charge >= 0.3 is 11.9 Å². The molecule has 0 radical (unpaired) electrons. The molecule has 6 nitrogen and oxygen atoms in total. The summed E-state index contributed by atoms with van der Waals surface area (Å²) in [5.74, 6) is -2.79. The summed E-state index contributed by atoms with van der Waals surface area (Å²) in [4.78, 5) is 37.8. The first-order valence-corrected chi connectivity index (χ1v) is 10.3. The molecule has 4 atom stereocenters. The fraction of sp³-hybridized carbons (Fsp3) is 0.591. The van der Waals surface area contributed by atoms with Gasteiger partial charge in [-0.3, -0.25) is 14.4 Å². The molecule has 0 spiro atoms. The molecule has 1 saturated carbocycles. The number of amides is 1. The molecule has 2 N–H and O–H groups in total. The Hall–Kier alpha value is -2.37. The van der Waals surface area contributed by atoms with E-state index in [1.807, 2.05) is 30.3 Å². The van der Waals surface area contributed by atoms with Gasteiger partial charge in [-0.25, -0.2) is 0 Å². The quantitative estimate of drug-likeness (QED) is 0.714. The van der Waals surface area contributed by atoms with Crippen molar-refractivity contribution in [3.63, 3.8) is 0 Å². The summed E-state index contributed by atoms with van der Waals surface area (Å²) in [5, 5.41) is 19.0. The van der Waals surface area contributed by atoms with E-state index in [0.29, 0.717) is 19.3 Å². The van der Waals surface area contributed by atoms with Crippen LogP contribution >= 0.6 is 0 Å². The minimum absolute atomic E-state index is 0.00921. The lowest BCUT2D eigenvalue weighted by Gasteiger charge is -2.32. The smallest absolute Gasteiger partial charge is 0.308 e. The Kier molecular flexibility index (Phi) is 6.70. The highest BCUT2D eigenvalue weighted by Gasteiger charge is 2.47. The van der Waals surface area contributed by atoms with Crippen molar-refractivity contribution in [3.8, 4) is 0 Å². The Labute approximate surface area is 165 Å². The van der Waals surface area contributed by atoms with E-state index < -0.39 is 23.8 Å². The van der Waals surface area contributed by atoms with Gasteiger partial charge in [0.25, 0.3) is 0 Å². The van der Waals surface area contributed by atoms with Crippen LogP contribution in [-0.2, 0) is 20.8 Å². The summed E-state index contributed by atoms with van der Waals surface area (Å²) in [7, 11) is 0. The van der Waals surface area contributed by atoms with Crippen LogP contribution in [0.5, 0.6) is 0 Å². The molecule has 28 heavy (non-hydrogen) atoms. The lowest BCUT2D eigenvalue weighted by Crippen LogP contribution is -2.39. The Morgan fingerprint density at radius 2 is 1.75 bits per heavy atom. The normalized spacial score (nSPS) is 25.1. The number of nitrogens with zero attached hydrogens (tertiary/aromatic N) is 1. The first kappa shape index (κ1) is 20.4. The van der Waals surface area contributed by atoms with Crippen molar-refractivity contribution in [2.75, 3.05) is 6.54 Å². The molecule has 3 rings (SSSR count). The van der Waals surface area contributed by atoms with Gasteiger partial charge in [0.15, 0.2) is 0 Å². The van der Waals surface area contributed by atoms with Gasteiger partial charge in [-0.1, -0.05) is 43.2 Å². The monoisotopic (exact) mass is 387 g/mol. The number of carboxylic acids is 2. The van der Waals surface area contributed by atoms with Gasteiger partial charge in [-0.15, -0.1) is 0 Å². The molecular formula is C22H29NO5. The van der Waals surface area contributed by atoms with Crippen LogP contribution in [0.25, 0.3) is 0 Å². The van der Waals surface area contributed by atoms with Crippen LogP contribution < -0.4 is 0 Å². The molecule has 1 heterocycles. The number of aryl methyl sites for hydroxylation is 1. The van der Waals surface area contributed by atoms with Gasteiger partial charge in [-0.05, 0) is 43.6 Å². The Balaban J connectivity index is 1.56. The highest BCUT2D eigenvalue weighted by atomic mass is 16.4. The van der Waals surface area contributed by atoms with E-state index in [2.05, 4.69) is 0 Å². The van der Waals surface area contributed by atoms with Crippen LogP contribution in [0.4, 0.5) is 0 Å². The molecule has 1 aromatic rings. The van der Waals surface area contributed by atoms with E-state index in [-0.39, 0.29) is 30.8 Å². The third kappa shape index (κ3) is 4.72. The van der Waals surface area contributed by atoms with E-state index in [1.165, 1.54) is 0 Å². The molecule has 1 aromatic carbocycles. The summed E-state index contributed by atoms with van der Waals surface area (Å²) < 4.78 is 0. The third-order valence-corrected chi connectivity index (χ3v) is 6.41. The average Bonchev–Trinajstić information content (AvgIpc) is 3.08. The fourth-order valence-corrected chi connectivity index (χ4v) is 4.85. The number of carbonyl (C=O) groups is 3. The Bertz CT molecular complexity index is 704. The SMILES string of the molecule is O=C(O)C(CCC(=O)N1CC(C(=O)O)[C@@H]2CCCC[C@@H]21)CCc1ccccc1. The van der Waals surface area contributed by atoms with E-state index >= 15 is 0 Å². The molecule has 2 fully saturated rings. The predicted octanol–water partition coefficient (Wildman–Crippen LogP) is 3.20. The van der Waals surface area contributed by atoms with E-state index in [0.717, 1.165) is 31.2 Å². The van der Waals surface area contributed by atoms with Crippen LogP contribution in [0.3, 0.4) is 0 Å². The molecule has 1 aliphatic heterocycles. The maximum absolute atomic E-state index is 12.8. The van der Waals surface area contributed by atoms with Crippen LogP contribution in [0.2, 0.25) is 0 Å². The second kappa shape index (κ2) is 9.22. The van der Waals surface area contributed by atoms with Crippen molar-refractivity contribution in [1.29, 1.82) is 0 Å². The summed E-state index contributed by atoms with van der Waals surface area (Å²) in [6.07, 6.45) is 5.39. The number of carbonyl (C=O) groups excluding carboxylic acids is 1. The topological polar surface area (TPSA) is 94.9 Å². The summed E-state index contributed by atoms with van der Waals surface area (Å²) in [6.45, 7) is 0.269. The molecule has 0 aromatic heterocycles. The average molecular weight is 387 g/mol. The Morgan fingerprint density at radius 1 is 1.04 bits per heavy atom. The number of benzene rings is 1. The molecule has 2 unspecified atom stereocenters. The van der Waals surface area contributed by atoms with Crippen molar-refractivity contribution in [1.82, 2.24) is 4.90 Å². The van der Waals surface area contributed by atoms with Gasteiger partial charge < -0.3 is 15.1 Å². The molecule has 152 valence electrons. The summed E-state index contributed by atoms with van der Waals surface area (Å²) in [5.41, 5.74) is 1.09. The first-order valence-electron chi connectivity index (χ1n) is 10.3. The fourth-order valence-electron chi connectivity index (χ4n) is 4.85. The van der Waals surface area contributed by atoms with E-state index in [4.69, 9.17) is 0 Å². The van der Waals surface area contributed by atoms with Gasteiger partial charge in [0, 0.05) is 19.0 Å². The van der Waals surface area contributed by atoms with Crippen molar-refractivity contribution < 1.29 is 24.6 Å². The number of rotatable bonds is 8. The van der Waals surface area contributed by atoms with Crippen LogP contribution in [0.15, 0.2) is 30.3 Å². The first-order chi connectivity index (χ1) is 13.5. The zero-order chi connectivity index (χ0) is 20.1. The maximum Gasteiger partial charge on any atom is 0.308 e. The minimum atomic E-state index is -0.871. The predicted molar refractivity (Wildman–Crippen MR) is 104 cm³/mol. The number of aliphatic carboxylic acids is 2. The standard InChI is InChI=1S/C22H29NO5/c24-20(23-14-18(22(27)28)17-8-4-5-9-19(17)23)13-12-16(21(25)26)11-10-15-6-2-1-3-7-15/h1-3,6-7,16-19H,4-5,8-14H2,(H,25,26)(H,27,28)/t16?,17-,18?,19-/m0/s1. The van der Waals surface area contributed by atoms with Gasteiger partial charge in [0.1, 0.15) is 0 Å². The highest BCUT2D eigenvalue weighted by Crippen LogP contribution is 2.40. The van der Waals surface area contributed by atoms with Gasteiger partial charge in [0.2, 0.25) is 5.91 Å². The Morgan fingerprint density at radius 3 is 2.43 bits per heavy atom. The molecule has 6 heteroatoms. The van der Waals surface area contributed by atoms with E-state index in [1.54, 1.807) is 4.90 Å². The number of likely N-dealkylation sites (tertiary alicyclic amines) is 1. The zero-order valence-corrected chi connectivity index (χ0v) is 16.1. The minimum Gasteiger partial charge on any atom is -0.481 e. The second-order valence-corrected chi connectivity index (χ2v) is 8.10. The van der Waals surface area contributed by atoms with Crippen LogP contribution in [-0.4, -0.2) is 45.5 Å². The number of fused-ring (bicyclic) bond motifs is 1.